The van der Waals surface area contributed by atoms with Gasteiger partial charge in [-0.25, -0.2) is 0 Å². The van der Waals surface area contributed by atoms with Crippen molar-refractivity contribution in [2.45, 2.75) is 39.2 Å². The fourth-order valence-corrected chi connectivity index (χ4v) is 0.975. The van der Waals surface area contributed by atoms with Gasteiger partial charge in [0, 0.05) is 0 Å². The summed E-state index contributed by atoms with van der Waals surface area (Å²) >= 11 is 0. The summed E-state index contributed by atoms with van der Waals surface area (Å²) < 4.78 is 11.6. The quantitative estimate of drug-likeness (QED) is 0.633. The van der Waals surface area contributed by atoms with Crippen molar-refractivity contribution in [2.24, 2.45) is 5.92 Å². The van der Waals surface area contributed by atoms with E-state index >= 15 is 0 Å². The average molecular weight is 148 g/mol. The number of aliphatic hydroxyl groups is 1. The summed E-state index contributed by atoms with van der Waals surface area (Å²) in [5.41, 5.74) is 0. The molecule has 2 heteroatoms. The number of hydrogen-bond donors (Lipinski definition) is 1. The molecule has 0 aromatic heterocycles. The molecule has 0 aromatic rings. The summed E-state index contributed by atoms with van der Waals surface area (Å²) in [4.78, 5) is 0. The maximum Gasteiger partial charge on any atom is 0.0895 e. The van der Waals surface area contributed by atoms with Crippen molar-refractivity contribution in [3.63, 3.8) is 0 Å². The molecule has 62 valence electrons. The van der Waals surface area contributed by atoms with E-state index in [0.29, 0.717) is 18.8 Å². The van der Waals surface area contributed by atoms with Gasteiger partial charge < -0.3 is 5.11 Å². The van der Waals surface area contributed by atoms with Crippen molar-refractivity contribution < 1.29 is 9.50 Å². The highest BCUT2D eigenvalue weighted by molar-refractivity contribution is 4.57. The zero-order valence-electron chi connectivity index (χ0n) is 6.81. The van der Waals surface area contributed by atoms with Crippen LogP contribution in [0.15, 0.2) is 0 Å². The van der Waals surface area contributed by atoms with Crippen LogP contribution >= 0.6 is 0 Å². The first-order valence-corrected chi connectivity index (χ1v) is 3.90. The Bertz CT molecular complexity index is 73.7. The molecule has 0 aromatic carbocycles. The number of halogens is 1. The van der Waals surface area contributed by atoms with E-state index in [4.69, 9.17) is 0 Å². The molecule has 10 heavy (non-hydrogen) atoms. The topological polar surface area (TPSA) is 20.2 Å². The first kappa shape index (κ1) is 9.89. The fourth-order valence-electron chi connectivity index (χ4n) is 0.975. The molecular weight excluding hydrogens is 131 g/mol. The lowest BCUT2D eigenvalue weighted by molar-refractivity contribution is 0.134. The maximum absolute atomic E-state index is 11.6. The van der Waals surface area contributed by atoms with Gasteiger partial charge in [0.25, 0.3) is 0 Å². The lowest BCUT2D eigenvalue weighted by Crippen LogP contribution is -2.09. The lowest BCUT2D eigenvalue weighted by atomic mass is 10.0. The van der Waals surface area contributed by atoms with Crippen LogP contribution in [0.25, 0.3) is 0 Å². The van der Waals surface area contributed by atoms with Crippen molar-refractivity contribution in [2.75, 3.05) is 6.67 Å². The Kier molecular flexibility index (Phi) is 5.60. The molecule has 1 N–H and O–H groups in total. The molecule has 0 saturated carbocycles. The molecule has 1 nitrogen and oxygen atoms in total. The van der Waals surface area contributed by atoms with Gasteiger partial charge in [0.2, 0.25) is 0 Å². The van der Waals surface area contributed by atoms with Crippen LogP contribution in [0.2, 0.25) is 0 Å². The summed E-state index contributed by atoms with van der Waals surface area (Å²) in [5.74, 6) is 0.509. The van der Waals surface area contributed by atoms with Crippen LogP contribution in [-0.4, -0.2) is 17.9 Å². The van der Waals surface area contributed by atoms with Crippen LogP contribution in [0.4, 0.5) is 4.39 Å². The lowest BCUT2D eigenvalue weighted by Gasteiger charge is -2.10. The van der Waals surface area contributed by atoms with E-state index in [2.05, 4.69) is 13.8 Å². The number of alkyl halides is 1. The number of aliphatic hydroxyl groups excluding tert-OH is 1. The van der Waals surface area contributed by atoms with Crippen molar-refractivity contribution in [1.82, 2.24) is 0 Å². The largest absolute Gasteiger partial charge is 0.393 e. The molecule has 0 bridgehead atoms. The predicted octanol–water partition coefficient (Wildman–Crippen LogP) is 2.14. The molecule has 0 heterocycles. The van der Waals surface area contributed by atoms with Crippen LogP contribution in [0.1, 0.15) is 33.1 Å². The van der Waals surface area contributed by atoms with Gasteiger partial charge in [0.15, 0.2) is 0 Å². The molecule has 0 aliphatic rings. The van der Waals surface area contributed by atoms with Gasteiger partial charge in [-0.3, -0.25) is 4.39 Å². The van der Waals surface area contributed by atoms with Gasteiger partial charge in [-0.15, -0.1) is 0 Å². The Balaban J connectivity index is 3.16. The third-order valence-electron chi connectivity index (χ3n) is 1.41. The van der Waals surface area contributed by atoms with Crippen molar-refractivity contribution in [3.8, 4) is 0 Å². The van der Waals surface area contributed by atoms with Crippen molar-refractivity contribution in [3.05, 3.63) is 0 Å². The van der Waals surface area contributed by atoms with Crippen LogP contribution in [0, 0.1) is 5.92 Å². The highest BCUT2D eigenvalue weighted by atomic mass is 19.1. The first-order chi connectivity index (χ1) is 4.66. The second-order valence-electron chi connectivity index (χ2n) is 3.11. The van der Waals surface area contributed by atoms with Crippen LogP contribution in [-0.2, 0) is 0 Å². The molecular formula is C8H17FO. The molecule has 0 radical (unpaired) electrons. The summed E-state index contributed by atoms with van der Waals surface area (Å²) in [7, 11) is 0. The molecule has 0 amide bonds. The van der Waals surface area contributed by atoms with Crippen LogP contribution < -0.4 is 0 Å². The smallest absolute Gasteiger partial charge is 0.0895 e. The van der Waals surface area contributed by atoms with E-state index in [0.717, 1.165) is 6.42 Å². The Morgan fingerprint density at radius 1 is 1.40 bits per heavy atom. The third kappa shape index (κ3) is 6.02. The van der Waals surface area contributed by atoms with Crippen molar-refractivity contribution >= 4 is 0 Å². The second kappa shape index (κ2) is 5.66. The maximum atomic E-state index is 11.6. The summed E-state index contributed by atoms with van der Waals surface area (Å²) in [6.07, 6.45) is 1.60. The van der Waals surface area contributed by atoms with Crippen LogP contribution in [0.5, 0.6) is 0 Å². The second-order valence-corrected chi connectivity index (χ2v) is 3.11. The first-order valence-electron chi connectivity index (χ1n) is 3.90. The molecule has 0 rings (SSSR count). The van der Waals surface area contributed by atoms with E-state index in [1.807, 2.05) is 0 Å². The van der Waals surface area contributed by atoms with Gasteiger partial charge in [-0.2, -0.15) is 0 Å². The van der Waals surface area contributed by atoms with Gasteiger partial charge in [0.1, 0.15) is 0 Å². The zero-order chi connectivity index (χ0) is 7.98. The minimum absolute atomic E-state index is 0.296. The highest BCUT2D eigenvalue weighted by Gasteiger charge is 2.05. The minimum atomic E-state index is -0.310. The Morgan fingerprint density at radius 2 is 2.00 bits per heavy atom. The standard InChI is InChI=1S/C8H17FO/c1-7(2)6-8(10)4-3-5-9/h7-8,10H,3-6H2,1-2H3. The average Bonchev–Trinajstić information content (AvgIpc) is 1.82. The summed E-state index contributed by atoms with van der Waals surface area (Å²) in [5, 5.41) is 9.18. The molecule has 0 fully saturated rings. The predicted molar refractivity (Wildman–Crippen MR) is 40.7 cm³/mol. The number of hydrogen-bond acceptors (Lipinski definition) is 1. The molecule has 0 spiro atoms. The Morgan fingerprint density at radius 3 is 2.40 bits per heavy atom. The highest BCUT2D eigenvalue weighted by Crippen LogP contribution is 2.08. The molecule has 0 aliphatic heterocycles. The van der Waals surface area contributed by atoms with Crippen LogP contribution in [0.3, 0.4) is 0 Å². The number of rotatable bonds is 5. The Hall–Kier alpha value is -0.110. The monoisotopic (exact) mass is 148 g/mol. The van der Waals surface area contributed by atoms with Gasteiger partial charge in [-0.05, 0) is 25.2 Å². The minimum Gasteiger partial charge on any atom is -0.393 e. The third-order valence-corrected chi connectivity index (χ3v) is 1.41. The van der Waals surface area contributed by atoms with Gasteiger partial charge in [0.05, 0.1) is 12.8 Å². The van der Waals surface area contributed by atoms with E-state index in [9.17, 15) is 9.50 Å². The Labute approximate surface area is 62.3 Å². The van der Waals surface area contributed by atoms with E-state index in [1.54, 1.807) is 0 Å². The van der Waals surface area contributed by atoms with E-state index in [-0.39, 0.29) is 12.8 Å². The van der Waals surface area contributed by atoms with E-state index < -0.39 is 0 Å². The summed E-state index contributed by atoms with van der Waals surface area (Å²) in [6, 6.07) is 0. The normalized spacial score (nSPS) is 14.1. The SMILES string of the molecule is CC(C)CC(O)CCCF. The molecule has 1 unspecified atom stereocenters. The fraction of sp³-hybridized carbons (Fsp3) is 1.00. The van der Waals surface area contributed by atoms with E-state index in [1.165, 1.54) is 0 Å². The zero-order valence-corrected chi connectivity index (χ0v) is 6.81. The van der Waals surface area contributed by atoms with Crippen molar-refractivity contribution in [1.29, 1.82) is 0 Å². The molecule has 0 saturated heterocycles. The van der Waals surface area contributed by atoms with Gasteiger partial charge in [-0.1, -0.05) is 13.8 Å². The summed E-state index contributed by atoms with van der Waals surface area (Å²) in [6.45, 7) is 3.80. The molecule has 0 aliphatic carbocycles. The molecule has 1 atom stereocenters. The van der Waals surface area contributed by atoms with Gasteiger partial charge >= 0.3 is 0 Å².